The van der Waals surface area contributed by atoms with E-state index < -0.39 is 10.0 Å². The molecular formula is C19H25FN4O2S. The second-order valence-corrected chi connectivity index (χ2v) is 8.09. The van der Waals surface area contributed by atoms with Gasteiger partial charge in [-0.2, -0.15) is 0 Å². The fourth-order valence-electron chi connectivity index (χ4n) is 2.63. The molecule has 0 saturated heterocycles. The second-order valence-electron chi connectivity index (χ2n) is 6.17. The Morgan fingerprint density at radius 1 is 1.11 bits per heavy atom. The molecule has 0 saturated carbocycles. The molecule has 0 aromatic heterocycles. The number of hydrogen-bond acceptors (Lipinski definition) is 3. The van der Waals surface area contributed by atoms with E-state index in [1.807, 2.05) is 30.1 Å². The van der Waals surface area contributed by atoms with E-state index in [9.17, 15) is 12.8 Å². The predicted octanol–water partition coefficient (Wildman–Crippen LogP) is 2.08. The smallest absolute Gasteiger partial charge is 0.215 e. The highest BCUT2D eigenvalue weighted by atomic mass is 32.2. The molecule has 0 aliphatic rings. The largest absolute Gasteiger partial charge is 0.352 e. The highest BCUT2D eigenvalue weighted by Crippen LogP contribution is 2.09. The maximum Gasteiger partial charge on any atom is 0.215 e. The third-order valence-electron chi connectivity index (χ3n) is 4.02. The Labute approximate surface area is 160 Å². The molecule has 2 aromatic rings. The van der Waals surface area contributed by atoms with Crippen LogP contribution >= 0.6 is 0 Å². The number of benzene rings is 2. The van der Waals surface area contributed by atoms with Crippen molar-refractivity contribution < 1.29 is 12.8 Å². The molecule has 2 rings (SSSR count). The molecule has 0 aliphatic carbocycles. The summed E-state index contributed by atoms with van der Waals surface area (Å²) in [6, 6.07) is 13.8. The molecule has 0 radical (unpaired) electrons. The summed E-state index contributed by atoms with van der Waals surface area (Å²) in [5, 5.41) is 3.26. The normalized spacial score (nSPS) is 12.1. The molecule has 0 fully saturated rings. The van der Waals surface area contributed by atoms with Gasteiger partial charge in [-0.1, -0.05) is 36.4 Å². The number of aliphatic imine (C=N–C) groups is 1. The number of guanidine groups is 1. The summed E-state index contributed by atoms with van der Waals surface area (Å²) >= 11 is 0. The summed E-state index contributed by atoms with van der Waals surface area (Å²) in [7, 11) is 1.69. The minimum atomic E-state index is -3.31. The molecule has 0 bridgehead atoms. The summed E-state index contributed by atoms with van der Waals surface area (Å²) < 4.78 is 38.7. The van der Waals surface area contributed by atoms with Crippen LogP contribution in [0.4, 0.5) is 4.39 Å². The van der Waals surface area contributed by atoms with Crippen LogP contribution in [0.2, 0.25) is 0 Å². The molecule has 0 atom stereocenters. The Kier molecular flexibility index (Phi) is 7.32. The van der Waals surface area contributed by atoms with Crippen LogP contribution in [-0.2, 0) is 28.9 Å². The minimum absolute atomic E-state index is 0.0590. The quantitative estimate of drug-likeness (QED) is 0.559. The van der Waals surface area contributed by atoms with E-state index in [0.29, 0.717) is 19.0 Å². The Balaban J connectivity index is 1.98. The van der Waals surface area contributed by atoms with Crippen molar-refractivity contribution in [3.05, 3.63) is 71.0 Å². The molecule has 0 aliphatic heterocycles. The molecule has 0 unspecified atom stereocenters. The average molecular weight is 393 g/mol. The molecule has 146 valence electrons. The lowest BCUT2D eigenvalue weighted by Crippen LogP contribution is -2.38. The first-order chi connectivity index (χ1) is 12.8. The number of hydrogen-bond donors (Lipinski definition) is 2. The van der Waals surface area contributed by atoms with Gasteiger partial charge in [0.25, 0.3) is 0 Å². The van der Waals surface area contributed by atoms with Gasteiger partial charge in [-0.05, 0) is 35.9 Å². The molecular weight excluding hydrogens is 367 g/mol. The number of nitrogens with one attached hydrogen (secondary N) is 2. The zero-order valence-corrected chi connectivity index (χ0v) is 16.6. The van der Waals surface area contributed by atoms with E-state index in [1.54, 1.807) is 25.2 Å². The zero-order valence-electron chi connectivity index (χ0n) is 15.7. The lowest BCUT2D eigenvalue weighted by atomic mass is 10.1. The van der Waals surface area contributed by atoms with Crippen molar-refractivity contribution in [1.29, 1.82) is 0 Å². The van der Waals surface area contributed by atoms with Crippen molar-refractivity contribution in [1.82, 2.24) is 14.9 Å². The van der Waals surface area contributed by atoms with Crippen molar-refractivity contribution in [3.8, 4) is 0 Å². The van der Waals surface area contributed by atoms with Crippen LogP contribution < -0.4 is 10.0 Å². The van der Waals surface area contributed by atoms with Gasteiger partial charge in [0.1, 0.15) is 5.82 Å². The first kappa shape index (κ1) is 20.9. The number of halogens is 1. The molecule has 2 aromatic carbocycles. The molecule has 6 nitrogen and oxygen atoms in total. The number of nitrogens with zero attached hydrogens (tertiary/aromatic N) is 2. The summed E-state index contributed by atoms with van der Waals surface area (Å²) in [5.74, 6) is 0.368. The summed E-state index contributed by atoms with van der Waals surface area (Å²) in [6.45, 7) is 1.09. The van der Waals surface area contributed by atoms with Gasteiger partial charge < -0.3 is 10.2 Å². The zero-order chi connectivity index (χ0) is 19.9. The summed E-state index contributed by atoms with van der Waals surface area (Å²) in [6.07, 6.45) is 0. The van der Waals surface area contributed by atoms with Crippen molar-refractivity contribution >= 4 is 16.0 Å². The molecule has 0 spiro atoms. The third-order valence-corrected chi connectivity index (χ3v) is 5.35. The Morgan fingerprint density at radius 3 is 2.41 bits per heavy atom. The van der Waals surface area contributed by atoms with Crippen LogP contribution in [0.5, 0.6) is 0 Å². The summed E-state index contributed by atoms with van der Waals surface area (Å²) in [4.78, 5) is 6.20. The van der Waals surface area contributed by atoms with E-state index in [2.05, 4.69) is 15.0 Å². The topological polar surface area (TPSA) is 73.8 Å². The fraction of sp³-hybridized carbons (Fsp3) is 0.316. The maximum absolute atomic E-state index is 13.0. The molecule has 8 heteroatoms. The molecule has 0 heterocycles. The average Bonchev–Trinajstić information content (AvgIpc) is 2.64. The third kappa shape index (κ3) is 6.65. The van der Waals surface area contributed by atoms with Crippen LogP contribution in [0.1, 0.15) is 16.7 Å². The lowest BCUT2D eigenvalue weighted by Gasteiger charge is -2.22. The van der Waals surface area contributed by atoms with Crippen LogP contribution in [0.3, 0.4) is 0 Å². The fourth-order valence-corrected chi connectivity index (χ4v) is 3.39. The van der Waals surface area contributed by atoms with Gasteiger partial charge in [-0.3, -0.25) is 4.99 Å². The van der Waals surface area contributed by atoms with E-state index >= 15 is 0 Å². The SMILES string of the molecule is CN=C(NCc1cccc(CS(=O)(=O)NC)c1)N(C)Cc1ccc(F)cc1. The monoisotopic (exact) mass is 392 g/mol. The van der Waals surface area contributed by atoms with Crippen LogP contribution in [0.25, 0.3) is 0 Å². The summed E-state index contributed by atoms with van der Waals surface area (Å²) in [5.41, 5.74) is 2.65. The minimum Gasteiger partial charge on any atom is -0.352 e. The van der Waals surface area contributed by atoms with Crippen LogP contribution in [0, 0.1) is 5.82 Å². The standard InChI is InChI=1S/C19H25FN4O2S/c1-21-19(24(3)13-15-7-9-18(20)10-8-15)23-12-16-5-4-6-17(11-16)14-27(25,26)22-2/h4-11,22H,12-14H2,1-3H3,(H,21,23). The molecule has 0 amide bonds. The van der Waals surface area contributed by atoms with Crippen LogP contribution in [-0.4, -0.2) is 40.4 Å². The Bertz CT molecular complexity index is 883. The highest BCUT2D eigenvalue weighted by molar-refractivity contribution is 7.88. The van der Waals surface area contributed by atoms with Crippen molar-refractivity contribution in [2.45, 2.75) is 18.8 Å². The predicted molar refractivity (Wildman–Crippen MR) is 106 cm³/mol. The number of rotatable bonds is 7. The van der Waals surface area contributed by atoms with Gasteiger partial charge in [0.15, 0.2) is 5.96 Å². The van der Waals surface area contributed by atoms with Gasteiger partial charge in [-0.25, -0.2) is 17.5 Å². The Morgan fingerprint density at radius 2 is 1.78 bits per heavy atom. The van der Waals surface area contributed by atoms with Gasteiger partial charge >= 0.3 is 0 Å². The van der Waals surface area contributed by atoms with Gasteiger partial charge in [0.05, 0.1) is 5.75 Å². The van der Waals surface area contributed by atoms with Crippen molar-refractivity contribution in [3.63, 3.8) is 0 Å². The van der Waals surface area contributed by atoms with Gasteiger partial charge in [-0.15, -0.1) is 0 Å². The van der Waals surface area contributed by atoms with E-state index in [0.717, 1.165) is 16.7 Å². The van der Waals surface area contributed by atoms with E-state index in [4.69, 9.17) is 0 Å². The Hall–Kier alpha value is -2.45. The molecule has 2 N–H and O–H groups in total. The second kappa shape index (κ2) is 9.48. The van der Waals surface area contributed by atoms with Gasteiger partial charge in [0.2, 0.25) is 10.0 Å². The first-order valence-corrected chi connectivity index (χ1v) is 10.1. The maximum atomic E-state index is 13.0. The van der Waals surface area contributed by atoms with Crippen LogP contribution in [0.15, 0.2) is 53.5 Å². The van der Waals surface area contributed by atoms with E-state index in [-0.39, 0.29) is 11.6 Å². The lowest BCUT2D eigenvalue weighted by molar-refractivity contribution is 0.476. The van der Waals surface area contributed by atoms with Crippen molar-refractivity contribution in [2.75, 3.05) is 21.1 Å². The van der Waals surface area contributed by atoms with E-state index in [1.165, 1.54) is 19.2 Å². The van der Waals surface area contributed by atoms with Gasteiger partial charge in [0, 0.05) is 27.2 Å². The van der Waals surface area contributed by atoms with Crippen molar-refractivity contribution in [2.24, 2.45) is 4.99 Å². The molecule has 27 heavy (non-hydrogen) atoms. The highest BCUT2D eigenvalue weighted by Gasteiger charge is 2.10. The number of sulfonamides is 1. The first-order valence-electron chi connectivity index (χ1n) is 8.48.